The lowest BCUT2D eigenvalue weighted by atomic mass is 10.2. The highest BCUT2D eigenvalue weighted by molar-refractivity contribution is 5.96. The number of nitrogen functional groups attached to an aromatic ring is 1. The predicted molar refractivity (Wildman–Crippen MR) is 104 cm³/mol. The minimum absolute atomic E-state index is 0.0678. The summed E-state index contributed by atoms with van der Waals surface area (Å²) in [6, 6.07) is 0. The Morgan fingerprint density at radius 2 is 1.81 bits per heavy atom. The average molecular weight is 365 g/mol. The number of nitrogens with zero attached hydrogens (tertiary/aromatic N) is 3. The van der Waals surface area contributed by atoms with E-state index in [0.29, 0.717) is 13.1 Å². The van der Waals surface area contributed by atoms with Crippen LogP contribution >= 0.6 is 0 Å². The van der Waals surface area contributed by atoms with Crippen molar-refractivity contribution in [3.8, 4) is 0 Å². The lowest BCUT2D eigenvalue weighted by Crippen LogP contribution is -2.45. The second-order valence-corrected chi connectivity index (χ2v) is 6.83. The fraction of sp³-hybridized carbons (Fsp3) is 0.722. The quantitative estimate of drug-likeness (QED) is 0.754. The number of unbranched alkanes of at least 4 members (excludes halogenated alkanes) is 1. The van der Waals surface area contributed by atoms with Gasteiger partial charge in [-0.3, -0.25) is 24.0 Å². The van der Waals surface area contributed by atoms with E-state index >= 15 is 0 Å². The summed E-state index contributed by atoms with van der Waals surface area (Å²) < 4.78 is 1.35. The second kappa shape index (κ2) is 9.56. The summed E-state index contributed by atoms with van der Waals surface area (Å²) in [5.41, 5.74) is 5.09. The standard InChI is InChI=1S/C18H31N5O3/c1-3-5-12-23-16(19)15(17(25)20-18(23)26)22(4-2)14(24)13-21-10-8-6-7-9-11-21/h3-13,19H2,1-2H3,(H,20,25,26). The van der Waals surface area contributed by atoms with Crippen molar-refractivity contribution in [2.45, 2.75) is 58.9 Å². The molecule has 8 nitrogen and oxygen atoms in total. The van der Waals surface area contributed by atoms with E-state index in [4.69, 9.17) is 5.73 Å². The van der Waals surface area contributed by atoms with Crippen molar-refractivity contribution < 1.29 is 4.79 Å². The van der Waals surface area contributed by atoms with Crippen LogP contribution in [0.15, 0.2) is 9.59 Å². The minimum Gasteiger partial charge on any atom is -0.383 e. The van der Waals surface area contributed by atoms with Crippen LogP contribution in [0.3, 0.4) is 0 Å². The number of hydrogen-bond donors (Lipinski definition) is 2. The molecule has 8 heteroatoms. The molecule has 1 fully saturated rings. The topological polar surface area (TPSA) is 104 Å². The molecule has 1 amide bonds. The Balaban J connectivity index is 2.29. The third-order valence-corrected chi connectivity index (χ3v) is 4.89. The molecule has 26 heavy (non-hydrogen) atoms. The Hall–Kier alpha value is -2.09. The summed E-state index contributed by atoms with van der Waals surface area (Å²) >= 11 is 0. The highest BCUT2D eigenvalue weighted by Crippen LogP contribution is 2.18. The number of aromatic amines is 1. The monoisotopic (exact) mass is 365 g/mol. The molecule has 0 aliphatic carbocycles. The summed E-state index contributed by atoms with van der Waals surface area (Å²) in [5, 5.41) is 0. The van der Waals surface area contributed by atoms with Crippen LogP contribution in [0.2, 0.25) is 0 Å². The molecule has 0 bridgehead atoms. The first-order chi connectivity index (χ1) is 12.5. The summed E-state index contributed by atoms with van der Waals surface area (Å²) in [7, 11) is 0. The Labute approximate surface area is 154 Å². The van der Waals surface area contributed by atoms with Gasteiger partial charge in [0.25, 0.3) is 5.56 Å². The van der Waals surface area contributed by atoms with Crippen molar-refractivity contribution in [2.24, 2.45) is 0 Å². The number of rotatable bonds is 7. The Bertz CT molecular complexity index is 717. The zero-order valence-corrected chi connectivity index (χ0v) is 15.9. The number of nitrogens with one attached hydrogen (secondary N) is 1. The maximum absolute atomic E-state index is 12.9. The first kappa shape index (κ1) is 20.2. The summed E-state index contributed by atoms with van der Waals surface area (Å²) in [6.07, 6.45) is 6.22. The lowest BCUT2D eigenvalue weighted by Gasteiger charge is -2.26. The van der Waals surface area contributed by atoms with Gasteiger partial charge in [0.2, 0.25) is 5.91 Å². The summed E-state index contributed by atoms with van der Waals surface area (Å²) in [6.45, 7) is 6.61. The molecule has 1 aromatic rings. The lowest BCUT2D eigenvalue weighted by molar-refractivity contribution is -0.119. The third-order valence-electron chi connectivity index (χ3n) is 4.89. The highest BCUT2D eigenvalue weighted by Gasteiger charge is 2.24. The van der Waals surface area contributed by atoms with Crippen LogP contribution in [0.5, 0.6) is 0 Å². The third kappa shape index (κ3) is 4.75. The fourth-order valence-electron chi connectivity index (χ4n) is 3.41. The van der Waals surface area contributed by atoms with Crippen molar-refractivity contribution in [1.82, 2.24) is 14.5 Å². The van der Waals surface area contributed by atoms with E-state index in [2.05, 4.69) is 9.88 Å². The SMILES string of the molecule is CCCCn1c(N)c(N(CC)C(=O)CN2CCCCCC2)c(=O)[nH]c1=O. The molecule has 0 radical (unpaired) electrons. The van der Waals surface area contributed by atoms with Crippen LogP contribution in [-0.4, -0.2) is 46.5 Å². The first-order valence-corrected chi connectivity index (χ1v) is 9.64. The fourth-order valence-corrected chi connectivity index (χ4v) is 3.41. The van der Waals surface area contributed by atoms with Crippen molar-refractivity contribution in [1.29, 1.82) is 0 Å². The molecule has 2 rings (SSSR count). The number of carbonyl (C=O) groups excluding carboxylic acids is 1. The van der Waals surface area contributed by atoms with Gasteiger partial charge < -0.3 is 10.6 Å². The molecule has 1 saturated heterocycles. The van der Waals surface area contributed by atoms with E-state index in [1.165, 1.54) is 22.3 Å². The molecule has 1 aliphatic rings. The molecule has 146 valence electrons. The zero-order chi connectivity index (χ0) is 19.1. The van der Waals surface area contributed by atoms with Gasteiger partial charge >= 0.3 is 5.69 Å². The van der Waals surface area contributed by atoms with Gasteiger partial charge in [0.1, 0.15) is 5.82 Å². The highest BCUT2D eigenvalue weighted by atomic mass is 16.2. The Morgan fingerprint density at radius 3 is 2.38 bits per heavy atom. The smallest absolute Gasteiger partial charge is 0.330 e. The zero-order valence-electron chi connectivity index (χ0n) is 15.9. The van der Waals surface area contributed by atoms with Crippen molar-refractivity contribution in [3.63, 3.8) is 0 Å². The van der Waals surface area contributed by atoms with Gasteiger partial charge in [-0.2, -0.15) is 0 Å². The van der Waals surface area contributed by atoms with Crippen LogP contribution in [0.4, 0.5) is 11.5 Å². The van der Waals surface area contributed by atoms with Gasteiger partial charge in [-0.1, -0.05) is 26.2 Å². The van der Waals surface area contributed by atoms with E-state index < -0.39 is 11.2 Å². The van der Waals surface area contributed by atoms with Crippen molar-refractivity contribution in [2.75, 3.05) is 36.8 Å². The second-order valence-electron chi connectivity index (χ2n) is 6.83. The molecule has 0 atom stereocenters. The number of carbonyl (C=O) groups is 1. The molecule has 2 heterocycles. The van der Waals surface area contributed by atoms with E-state index in [1.807, 2.05) is 6.92 Å². The molecule has 0 unspecified atom stereocenters. The number of hydrogen-bond acceptors (Lipinski definition) is 5. The van der Waals surface area contributed by atoms with E-state index in [0.717, 1.165) is 38.8 Å². The van der Waals surface area contributed by atoms with E-state index in [-0.39, 0.29) is 24.0 Å². The van der Waals surface area contributed by atoms with E-state index in [1.54, 1.807) is 6.92 Å². The number of H-pyrrole nitrogens is 1. The molecular weight excluding hydrogens is 334 g/mol. The molecule has 1 aliphatic heterocycles. The molecule has 0 aromatic carbocycles. The minimum atomic E-state index is -0.605. The Kier molecular flexibility index (Phi) is 7.44. The molecule has 3 N–H and O–H groups in total. The van der Waals surface area contributed by atoms with Gasteiger partial charge in [-0.25, -0.2) is 4.79 Å². The van der Waals surface area contributed by atoms with Crippen LogP contribution in [0, 0.1) is 0 Å². The number of nitrogens with two attached hydrogens (primary N) is 1. The molecular formula is C18H31N5O3. The number of anilines is 2. The van der Waals surface area contributed by atoms with Gasteiger partial charge in [-0.05, 0) is 39.3 Å². The Morgan fingerprint density at radius 1 is 1.15 bits per heavy atom. The van der Waals surface area contributed by atoms with Gasteiger partial charge in [0.15, 0.2) is 5.69 Å². The molecule has 1 aromatic heterocycles. The summed E-state index contributed by atoms with van der Waals surface area (Å²) in [4.78, 5) is 43.2. The van der Waals surface area contributed by atoms with Gasteiger partial charge in [0.05, 0.1) is 6.54 Å². The van der Waals surface area contributed by atoms with Crippen molar-refractivity contribution >= 4 is 17.4 Å². The normalized spacial score (nSPS) is 15.6. The van der Waals surface area contributed by atoms with Crippen LogP contribution in [0.1, 0.15) is 52.4 Å². The van der Waals surface area contributed by atoms with Gasteiger partial charge in [0, 0.05) is 13.1 Å². The summed E-state index contributed by atoms with van der Waals surface area (Å²) in [5.74, 6) is -0.0921. The largest absolute Gasteiger partial charge is 0.383 e. The molecule has 0 saturated carbocycles. The maximum Gasteiger partial charge on any atom is 0.330 e. The average Bonchev–Trinajstić information content (AvgIpc) is 2.86. The van der Waals surface area contributed by atoms with E-state index in [9.17, 15) is 14.4 Å². The number of aromatic nitrogens is 2. The van der Waals surface area contributed by atoms with Crippen molar-refractivity contribution in [3.05, 3.63) is 20.8 Å². The molecule has 0 spiro atoms. The maximum atomic E-state index is 12.9. The van der Waals surface area contributed by atoms with Gasteiger partial charge in [-0.15, -0.1) is 0 Å². The van der Waals surface area contributed by atoms with Crippen LogP contribution in [0.25, 0.3) is 0 Å². The number of likely N-dealkylation sites (N-methyl/N-ethyl adjacent to an activating group) is 1. The number of likely N-dealkylation sites (tertiary alicyclic amines) is 1. The number of amides is 1. The van der Waals surface area contributed by atoms with Crippen LogP contribution in [-0.2, 0) is 11.3 Å². The van der Waals surface area contributed by atoms with Crippen LogP contribution < -0.4 is 21.9 Å². The first-order valence-electron chi connectivity index (χ1n) is 9.64. The predicted octanol–water partition coefficient (Wildman–Crippen LogP) is 1.15.